The second kappa shape index (κ2) is 33.0. The Morgan fingerprint density at radius 1 is 0.714 bits per heavy atom. The first-order valence-electron chi connectivity index (χ1n) is 31.1. The number of hydrogen-bond acceptors (Lipinski definition) is 18. The van der Waals surface area contributed by atoms with Crippen LogP contribution in [0.2, 0.25) is 18.1 Å². The highest BCUT2D eigenvalue weighted by Crippen LogP contribution is 2.40. The normalized spacial score (nSPS) is 19.9. The van der Waals surface area contributed by atoms with Crippen LogP contribution in [0.25, 0.3) is 0 Å². The number of nitrogens with one attached hydrogen (secondary N) is 2. The third-order valence-corrected chi connectivity index (χ3v) is 21.4. The minimum atomic E-state index is -2.13. The number of unbranched alkanes of at least 4 members (excludes halogenated alkanes) is 2. The van der Waals surface area contributed by atoms with Gasteiger partial charge in [-0.1, -0.05) is 77.6 Å². The monoisotopic (exact) mass is 1280 g/mol. The number of Topliss-reactive ketones (excluding diaryl/α,β-unsaturated/α-hetero) is 1. The van der Waals surface area contributed by atoms with Crippen molar-refractivity contribution in [2.24, 2.45) is 5.92 Å². The molecule has 4 amide bonds. The van der Waals surface area contributed by atoms with E-state index in [9.17, 15) is 33.6 Å². The predicted octanol–water partition coefficient (Wildman–Crippen LogP) is 12.3. The molecule has 3 aliphatic rings. The first-order chi connectivity index (χ1) is 43.1. The van der Waals surface area contributed by atoms with Crippen LogP contribution in [0.5, 0.6) is 23.0 Å². The van der Waals surface area contributed by atoms with Gasteiger partial charge in [-0.3, -0.25) is 34.6 Å². The molecule has 0 bridgehead atoms. The molecule has 3 heterocycles. The quantitative estimate of drug-likeness (QED) is 0.0157. The lowest BCUT2D eigenvalue weighted by atomic mass is 9.91. The fourth-order valence-corrected chi connectivity index (χ4v) is 11.7. The minimum Gasteiger partial charge on any atom is -0.493 e. The second-order valence-electron chi connectivity index (χ2n) is 24.9. The summed E-state index contributed by atoms with van der Waals surface area (Å²) < 4.78 is 64.8. The molecule has 3 aromatic rings. The van der Waals surface area contributed by atoms with Crippen molar-refractivity contribution in [2.75, 3.05) is 71.0 Å². The average Bonchev–Trinajstić information content (AvgIpc) is 1.77. The molecule has 91 heavy (non-hydrogen) atoms. The first-order valence-corrected chi connectivity index (χ1v) is 34.0. The summed E-state index contributed by atoms with van der Waals surface area (Å²) in [7, 11) is 0.853. The molecule has 22 nitrogen and oxygen atoms in total. The second-order valence-corrected chi connectivity index (χ2v) is 29.7. The Balaban J connectivity index is 1.15. The number of amides is 4. The van der Waals surface area contributed by atoms with Gasteiger partial charge < -0.3 is 61.6 Å². The molecule has 0 saturated carbocycles. The maximum Gasteiger partial charge on any atom is 0.411 e. The molecule has 0 aliphatic carbocycles. The Hall–Kier alpha value is -7.73. The van der Waals surface area contributed by atoms with Gasteiger partial charge in [-0.05, 0) is 112 Å². The number of rotatable bonds is 30. The van der Waals surface area contributed by atoms with Gasteiger partial charge in [0.2, 0.25) is 12.4 Å². The standard InChI is InChI=1S/C68H94N4O18Si/c1-17-26-84-66(78)69-54-35-58(43(5)32-51(54)63(76)72-38-42(4)31-50(72)40-86-91(15,16)68(10,11)12)82-28-20-19-21-29-83-60-36-55(52(34-59(60)81-14)64(77)71-37-41(3)30-49(71)18-2)70-67(79)85-39-48-24-25-57(53(33-48)56(75)23-22-27-80-13)90-65-62(89-47(9)74)61(88-46(8)73)44(6)45(7)87-65/h17,24-25,32-36,44-45,49-50,61-62,65H,1,3-4,18-23,26-31,37-40H2,2,5-16H3,(H,69,78)(H,70,79)/t44-,45-,49-,50+,61+,62-,65+/m1/s1. The Kier molecular flexibility index (Phi) is 26.2. The van der Waals surface area contributed by atoms with Gasteiger partial charge in [-0.2, -0.15) is 0 Å². The summed E-state index contributed by atoms with van der Waals surface area (Å²) in [6.07, 6.45) is 0.0667. The third-order valence-electron chi connectivity index (χ3n) is 16.9. The molecule has 0 unspecified atom stereocenters. The third kappa shape index (κ3) is 19.6. The number of ketones is 1. The molecule has 3 fully saturated rings. The molecule has 0 radical (unpaired) electrons. The number of carbonyl (C=O) groups is 7. The van der Waals surface area contributed by atoms with E-state index in [0.717, 1.165) is 11.1 Å². The van der Waals surface area contributed by atoms with E-state index in [-0.39, 0.29) is 112 Å². The lowest BCUT2D eigenvalue weighted by Crippen LogP contribution is -2.57. The van der Waals surface area contributed by atoms with Gasteiger partial charge in [0, 0.05) is 71.2 Å². The molecule has 23 heteroatoms. The lowest BCUT2D eigenvalue weighted by Gasteiger charge is -2.43. The van der Waals surface area contributed by atoms with Gasteiger partial charge in [0.05, 0.1) is 67.1 Å². The largest absolute Gasteiger partial charge is 0.493 e. The minimum absolute atomic E-state index is 0.0171. The Labute approximate surface area is 536 Å². The van der Waals surface area contributed by atoms with Crippen LogP contribution in [0.3, 0.4) is 0 Å². The molecule has 498 valence electrons. The van der Waals surface area contributed by atoms with E-state index in [1.54, 1.807) is 41.8 Å². The molecule has 3 saturated heterocycles. The van der Waals surface area contributed by atoms with Crippen LogP contribution in [-0.4, -0.2) is 157 Å². The average molecular weight is 1280 g/mol. The summed E-state index contributed by atoms with van der Waals surface area (Å²) in [5, 5.41) is 5.50. The highest BCUT2D eigenvalue weighted by Gasteiger charge is 2.48. The molecule has 0 spiro atoms. The summed E-state index contributed by atoms with van der Waals surface area (Å²) in [6.45, 7) is 34.2. The van der Waals surface area contributed by atoms with Gasteiger partial charge in [-0.15, -0.1) is 0 Å². The van der Waals surface area contributed by atoms with E-state index in [2.05, 4.69) is 64.2 Å². The van der Waals surface area contributed by atoms with Crippen molar-refractivity contribution in [1.29, 1.82) is 0 Å². The zero-order valence-electron chi connectivity index (χ0n) is 55.3. The molecule has 3 aliphatic heterocycles. The van der Waals surface area contributed by atoms with E-state index < -0.39 is 57.0 Å². The van der Waals surface area contributed by atoms with Gasteiger partial charge in [-0.25, -0.2) is 9.59 Å². The maximum atomic E-state index is 14.5. The fourth-order valence-electron chi connectivity index (χ4n) is 10.7. The van der Waals surface area contributed by atoms with Gasteiger partial charge in [0.25, 0.3) is 11.8 Å². The molecule has 6 rings (SSSR count). The lowest BCUT2D eigenvalue weighted by molar-refractivity contribution is -0.263. The van der Waals surface area contributed by atoms with Gasteiger partial charge >= 0.3 is 24.1 Å². The molecular weight excluding hydrogens is 1190 g/mol. The summed E-state index contributed by atoms with van der Waals surface area (Å²) in [4.78, 5) is 97.7. The summed E-state index contributed by atoms with van der Waals surface area (Å²) in [6, 6.07) is 10.7. The number of methoxy groups -OCH3 is 2. The predicted molar refractivity (Wildman–Crippen MR) is 346 cm³/mol. The number of aryl methyl sites for hydroxylation is 1. The van der Waals surface area contributed by atoms with Crippen LogP contribution in [0.1, 0.15) is 149 Å². The molecule has 0 aromatic heterocycles. The van der Waals surface area contributed by atoms with E-state index >= 15 is 0 Å². The molecule has 2 N–H and O–H groups in total. The number of hydrogen-bond donors (Lipinski definition) is 2. The van der Waals surface area contributed by atoms with E-state index in [0.29, 0.717) is 94.7 Å². The Morgan fingerprint density at radius 2 is 1.30 bits per heavy atom. The van der Waals surface area contributed by atoms with Crippen molar-refractivity contribution in [3.8, 4) is 23.0 Å². The molecule has 7 atom stereocenters. The number of esters is 2. The molecular formula is C68H94N4O18Si. The fraction of sp³-hybridized carbons (Fsp3) is 0.544. The van der Waals surface area contributed by atoms with Crippen molar-refractivity contribution in [3.63, 3.8) is 0 Å². The highest BCUT2D eigenvalue weighted by molar-refractivity contribution is 6.74. The Morgan fingerprint density at radius 3 is 1.89 bits per heavy atom. The van der Waals surface area contributed by atoms with Crippen molar-refractivity contribution < 1.29 is 85.4 Å². The number of likely N-dealkylation sites (tertiary alicyclic amines) is 2. The number of anilines is 2. The van der Waals surface area contributed by atoms with Crippen molar-refractivity contribution >= 4 is 61.4 Å². The SMILES string of the molecule is C=CCOC(=O)Nc1cc(OCCCCCOc2cc(NC(=O)OCc3ccc(O[C@@H]4O[C@H](C)[C@@H](C)[C@H](OC(C)=O)[C@H]4OC(C)=O)c(C(=O)CCCOC)c3)c(C(=O)N3CC(=C)C[C@H]3CC)cc2OC)c(C)cc1C(=O)N1CC(=C)C[C@H]1CO[Si](C)(C)C(C)(C)C. The first kappa shape index (κ1) is 72.3. The van der Waals surface area contributed by atoms with Gasteiger partial charge in [0.15, 0.2) is 25.6 Å². The van der Waals surface area contributed by atoms with Crippen LogP contribution >= 0.6 is 0 Å². The van der Waals surface area contributed by atoms with Gasteiger partial charge in [0.1, 0.15) is 30.8 Å². The summed E-state index contributed by atoms with van der Waals surface area (Å²) in [5.41, 5.74) is 3.77. The zero-order valence-corrected chi connectivity index (χ0v) is 56.3. The van der Waals surface area contributed by atoms with Crippen LogP contribution in [-0.2, 0) is 49.0 Å². The van der Waals surface area contributed by atoms with Crippen LogP contribution in [0, 0.1) is 12.8 Å². The maximum absolute atomic E-state index is 14.5. The number of nitrogens with zero attached hydrogens (tertiary/aromatic N) is 2. The van der Waals surface area contributed by atoms with Crippen molar-refractivity contribution in [3.05, 3.63) is 107 Å². The number of ether oxygens (including phenoxy) is 10. The topological polar surface area (TPSA) is 252 Å². The zero-order chi connectivity index (χ0) is 66.9. The smallest absolute Gasteiger partial charge is 0.411 e. The van der Waals surface area contributed by atoms with E-state index in [1.165, 1.54) is 58.4 Å². The Bertz CT molecular complexity index is 3140. The van der Waals surface area contributed by atoms with Crippen LogP contribution in [0.15, 0.2) is 79.4 Å². The highest BCUT2D eigenvalue weighted by atomic mass is 28.4. The van der Waals surface area contributed by atoms with E-state index in [4.69, 9.17) is 51.8 Å². The van der Waals surface area contributed by atoms with Crippen molar-refractivity contribution in [1.82, 2.24) is 9.80 Å². The van der Waals surface area contributed by atoms with Crippen LogP contribution in [0.4, 0.5) is 21.0 Å². The van der Waals surface area contributed by atoms with Crippen molar-refractivity contribution in [2.45, 2.75) is 175 Å². The molecule has 3 aromatic carbocycles. The number of carbonyl (C=O) groups excluding carboxylic acids is 7. The summed E-state index contributed by atoms with van der Waals surface area (Å²) in [5.74, 6) is -1.54. The number of benzene rings is 3. The van der Waals surface area contributed by atoms with E-state index in [1.807, 2.05) is 13.8 Å². The summed E-state index contributed by atoms with van der Waals surface area (Å²) >= 11 is 0. The van der Waals surface area contributed by atoms with Crippen LogP contribution < -0.4 is 29.6 Å².